The molecule has 4 nitrogen and oxygen atoms in total. The maximum atomic E-state index is 13.5. The summed E-state index contributed by atoms with van der Waals surface area (Å²) in [5.41, 5.74) is 4.73. The minimum absolute atomic E-state index is 0.00181. The van der Waals surface area contributed by atoms with Crippen molar-refractivity contribution in [3.63, 3.8) is 0 Å². The molecule has 3 aromatic carbocycles. The molecule has 0 aromatic heterocycles. The Bertz CT molecular complexity index is 1030. The molecule has 4 heteroatoms. The zero-order chi connectivity index (χ0) is 21.8. The van der Waals surface area contributed by atoms with Crippen LogP contribution in [0.4, 0.5) is 11.4 Å². The van der Waals surface area contributed by atoms with E-state index in [-0.39, 0.29) is 12.1 Å². The Hall–Kier alpha value is -3.27. The second kappa shape index (κ2) is 9.25. The highest BCUT2D eigenvalue weighted by Crippen LogP contribution is 2.37. The molecule has 0 bridgehead atoms. The third kappa shape index (κ3) is 4.29. The maximum absolute atomic E-state index is 13.5. The molecular weight excluding hydrogens is 384 g/mol. The van der Waals surface area contributed by atoms with Crippen LogP contribution in [0.2, 0.25) is 0 Å². The number of rotatable bonds is 7. The summed E-state index contributed by atoms with van der Waals surface area (Å²) in [6.07, 6.45) is 1.76. The molecular formula is C27H30N2O2. The number of fused-ring (bicyclic) bond motifs is 1. The summed E-state index contributed by atoms with van der Waals surface area (Å²) in [5.74, 6) is 1.34. The molecule has 1 amide bonds. The van der Waals surface area contributed by atoms with Crippen molar-refractivity contribution in [2.24, 2.45) is 0 Å². The molecule has 1 aliphatic heterocycles. The van der Waals surface area contributed by atoms with Crippen molar-refractivity contribution in [3.05, 3.63) is 89.5 Å². The normalized spacial score (nSPS) is 16.4. The van der Waals surface area contributed by atoms with Gasteiger partial charge in [0, 0.05) is 11.4 Å². The van der Waals surface area contributed by atoms with Gasteiger partial charge in [-0.3, -0.25) is 9.69 Å². The van der Waals surface area contributed by atoms with E-state index in [4.69, 9.17) is 4.74 Å². The molecule has 0 saturated carbocycles. The molecule has 1 aliphatic rings. The number of ether oxygens (including phenoxy) is 1. The van der Waals surface area contributed by atoms with Gasteiger partial charge in [-0.1, -0.05) is 57.2 Å². The number of hydrogen-bond acceptors (Lipinski definition) is 3. The Morgan fingerprint density at radius 3 is 2.35 bits per heavy atom. The third-order valence-corrected chi connectivity index (χ3v) is 5.95. The Morgan fingerprint density at radius 1 is 0.968 bits per heavy atom. The second-order valence-electron chi connectivity index (χ2n) is 8.09. The first-order valence-corrected chi connectivity index (χ1v) is 11.1. The van der Waals surface area contributed by atoms with E-state index in [1.54, 1.807) is 0 Å². The summed E-state index contributed by atoms with van der Waals surface area (Å²) >= 11 is 0. The lowest BCUT2D eigenvalue weighted by Crippen LogP contribution is -2.43. The number of benzene rings is 3. The van der Waals surface area contributed by atoms with Crippen molar-refractivity contribution in [2.45, 2.75) is 45.7 Å². The average Bonchev–Trinajstić information content (AvgIpc) is 2.82. The van der Waals surface area contributed by atoms with E-state index < -0.39 is 0 Å². The van der Waals surface area contributed by atoms with Gasteiger partial charge in [-0.15, -0.1) is 0 Å². The van der Waals surface area contributed by atoms with Crippen LogP contribution < -0.4 is 15.0 Å². The summed E-state index contributed by atoms with van der Waals surface area (Å²) in [4.78, 5) is 15.4. The van der Waals surface area contributed by atoms with E-state index in [0.29, 0.717) is 18.1 Å². The zero-order valence-electron chi connectivity index (χ0n) is 18.5. The molecule has 1 N–H and O–H groups in total. The Morgan fingerprint density at radius 2 is 1.68 bits per heavy atom. The number of carbonyl (C=O) groups excluding carboxylic acids is 1. The first kappa shape index (κ1) is 21.0. The van der Waals surface area contributed by atoms with Crippen LogP contribution in [0.5, 0.6) is 5.75 Å². The van der Waals surface area contributed by atoms with Gasteiger partial charge in [0.15, 0.2) is 0 Å². The number of carbonyl (C=O) groups is 1. The van der Waals surface area contributed by atoms with Gasteiger partial charge >= 0.3 is 0 Å². The molecule has 2 atom stereocenters. The molecule has 4 rings (SSSR count). The van der Waals surface area contributed by atoms with Gasteiger partial charge in [0.1, 0.15) is 11.9 Å². The van der Waals surface area contributed by atoms with Crippen LogP contribution in [-0.4, -0.2) is 12.5 Å². The Kier molecular flexibility index (Phi) is 6.26. The van der Waals surface area contributed by atoms with Crippen LogP contribution in [0.15, 0.2) is 72.8 Å². The SMILES string of the molecule is CCCOc1ccc([C@@H]2Nc3ccccc3C(=O)N2c2ccc([C@@H](C)CC)cc2)cc1. The molecule has 1 heterocycles. The van der Waals surface area contributed by atoms with Gasteiger partial charge in [0.05, 0.1) is 12.2 Å². The lowest BCUT2D eigenvalue weighted by Gasteiger charge is -2.38. The fourth-order valence-electron chi connectivity index (χ4n) is 3.92. The number of para-hydroxylation sites is 1. The fourth-order valence-corrected chi connectivity index (χ4v) is 3.92. The summed E-state index contributed by atoms with van der Waals surface area (Å²) < 4.78 is 5.73. The van der Waals surface area contributed by atoms with Gasteiger partial charge < -0.3 is 10.1 Å². The first-order valence-electron chi connectivity index (χ1n) is 11.1. The molecule has 0 aliphatic carbocycles. The van der Waals surface area contributed by atoms with Crippen molar-refractivity contribution in [1.29, 1.82) is 0 Å². The molecule has 0 spiro atoms. The van der Waals surface area contributed by atoms with Crippen molar-refractivity contribution in [1.82, 2.24) is 0 Å². The van der Waals surface area contributed by atoms with E-state index in [0.717, 1.165) is 35.5 Å². The van der Waals surface area contributed by atoms with Gasteiger partial charge in [-0.05, 0) is 66.3 Å². The van der Waals surface area contributed by atoms with Gasteiger partial charge in [-0.25, -0.2) is 0 Å². The second-order valence-corrected chi connectivity index (χ2v) is 8.09. The highest BCUT2D eigenvalue weighted by atomic mass is 16.5. The maximum Gasteiger partial charge on any atom is 0.262 e. The number of hydrogen-bond donors (Lipinski definition) is 1. The summed E-state index contributed by atoms with van der Waals surface area (Å²) in [5, 5.41) is 3.57. The molecule has 0 unspecified atom stereocenters. The van der Waals surface area contributed by atoms with Gasteiger partial charge in [-0.2, -0.15) is 0 Å². The molecule has 160 valence electrons. The highest BCUT2D eigenvalue weighted by Gasteiger charge is 2.34. The molecule has 31 heavy (non-hydrogen) atoms. The number of anilines is 2. The lowest BCUT2D eigenvalue weighted by molar-refractivity contribution is 0.0975. The van der Waals surface area contributed by atoms with Crippen molar-refractivity contribution in [3.8, 4) is 5.75 Å². The summed E-state index contributed by atoms with van der Waals surface area (Å²) in [6, 6.07) is 24.1. The largest absolute Gasteiger partial charge is 0.494 e. The van der Waals surface area contributed by atoms with Crippen LogP contribution in [-0.2, 0) is 0 Å². The number of amides is 1. The predicted molar refractivity (Wildman–Crippen MR) is 127 cm³/mol. The third-order valence-electron chi connectivity index (χ3n) is 5.95. The Labute approximate surface area is 184 Å². The first-order chi connectivity index (χ1) is 15.1. The van der Waals surface area contributed by atoms with E-state index >= 15 is 0 Å². The zero-order valence-corrected chi connectivity index (χ0v) is 18.5. The molecule has 3 aromatic rings. The van der Waals surface area contributed by atoms with Crippen LogP contribution in [0, 0.1) is 0 Å². The van der Waals surface area contributed by atoms with Crippen LogP contribution in [0.1, 0.15) is 67.2 Å². The van der Waals surface area contributed by atoms with E-state index in [1.807, 2.05) is 53.4 Å². The smallest absolute Gasteiger partial charge is 0.262 e. The van der Waals surface area contributed by atoms with Gasteiger partial charge in [0.2, 0.25) is 0 Å². The standard InChI is InChI=1S/C27H30N2O2/c1-4-18-31-23-16-12-21(13-17-23)26-28-25-9-7-6-8-24(25)27(30)29(26)22-14-10-20(11-15-22)19(3)5-2/h6-17,19,26,28H,4-5,18H2,1-3H3/t19-,26+/m0/s1. The van der Waals surface area contributed by atoms with E-state index in [9.17, 15) is 4.79 Å². The van der Waals surface area contributed by atoms with E-state index in [2.05, 4.69) is 50.4 Å². The molecule has 0 saturated heterocycles. The quantitative estimate of drug-likeness (QED) is 0.464. The predicted octanol–water partition coefficient (Wildman–Crippen LogP) is 6.76. The topological polar surface area (TPSA) is 41.6 Å². The van der Waals surface area contributed by atoms with E-state index in [1.165, 1.54) is 5.56 Å². The molecule has 0 fully saturated rings. The summed E-state index contributed by atoms with van der Waals surface area (Å²) in [6.45, 7) is 7.21. The Balaban J connectivity index is 1.71. The lowest BCUT2D eigenvalue weighted by atomic mass is 9.97. The monoisotopic (exact) mass is 414 g/mol. The highest BCUT2D eigenvalue weighted by molar-refractivity contribution is 6.12. The van der Waals surface area contributed by atoms with Crippen LogP contribution in [0.25, 0.3) is 0 Å². The average molecular weight is 415 g/mol. The van der Waals surface area contributed by atoms with Crippen LogP contribution in [0.3, 0.4) is 0 Å². The summed E-state index contributed by atoms with van der Waals surface area (Å²) in [7, 11) is 0. The van der Waals surface area contributed by atoms with Crippen molar-refractivity contribution in [2.75, 3.05) is 16.8 Å². The minimum atomic E-state index is -0.294. The molecule has 0 radical (unpaired) electrons. The number of nitrogens with zero attached hydrogens (tertiary/aromatic N) is 1. The van der Waals surface area contributed by atoms with Crippen molar-refractivity contribution >= 4 is 17.3 Å². The van der Waals surface area contributed by atoms with Crippen LogP contribution >= 0.6 is 0 Å². The minimum Gasteiger partial charge on any atom is -0.494 e. The van der Waals surface area contributed by atoms with Gasteiger partial charge in [0.25, 0.3) is 5.91 Å². The number of nitrogens with one attached hydrogen (secondary N) is 1. The van der Waals surface area contributed by atoms with Crippen molar-refractivity contribution < 1.29 is 9.53 Å². The fraction of sp³-hybridized carbons (Fsp3) is 0.296.